The zero-order valence-corrected chi connectivity index (χ0v) is 13.8. The van der Waals surface area contributed by atoms with Crippen molar-refractivity contribution in [2.45, 2.75) is 49.5 Å². The van der Waals surface area contributed by atoms with E-state index in [1.807, 2.05) is 0 Å². The highest BCUT2D eigenvalue weighted by Crippen LogP contribution is 2.34. The molecule has 0 unspecified atom stereocenters. The summed E-state index contributed by atoms with van der Waals surface area (Å²) in [7, 11) is -1.80. The molecule has 0 radical (unpaired) electrons. The standard InChI is InChI=1S/C16H23NO4S/c1-17(13-6-3-2-4-7-13)22(18,19)14-8-9-15-16(12-14)21-11-5-10-20-15/h8-9,12-13H,2-7,10-11H2,1H3. The topological polar surface area (TPSA) is 55.8 Å². The van der Waals surface area contributed by atoms with Gasteiger partial charge in [-0.3, -0.25) is 0 Å². The minimum Gasteiger partial charge on any atom is -0.490 e. The van der Waals surface area contributed by atoms with Crippen LogP contribution in [0.1, 0.15) is 38.5 Å². The van der Waals surface area contributed by atoms with Crippen LogP contribution < -0.4 is 9.47 Å². The highest BCUT2D eigenvalue weighted by atomic mass is 32.2. The molecule has 0 amide bonds. The molecule has 122 valence electrons. The largest absolute Gasteiger partial charge is 0.490 e. The third-order valence-corrected chi connectivity index (χ3v) is 6.39. The first-order valence-electron chi connectivity index (χ1n) is 7.97. The Bertz CT molecular complexity index is 623. The molecule has 1 aromatic rings. The molecule has 22 heavy (non-hydrogen) atoms. The first-order valence-corrected chi connectivity index (χ1v) is 9.41. The van der Waals surface area contributed by atoms with E-state index in [-0.39, 0.29) is 10.9 Å². The fourth-order valence-electron chi connectivity index (χ4n) is 3.11. The summed E-state index contributed by atoms with van der Waals surface area (Å²) in [6, 6.07) is 5.01. The first-order chi connectivity index (χ1) is 10.6. The van der Waals surface area contributed by atoms with Crippen LogP contribution in [-0.4, -0.2) is 39.0 Å². The Labute approximate surface area is 132 Å². The van der Waals surface area contributed by atoms with Crippen molar-refractivity contribution in [1.29, 1.82) is 0 Å². The molecule has 3 rings (SSSR count). The number of benzene rings is 1. The lowest BCUT2D eigenvalue weighted by Crippen LogP contribution is -2.38. The Kier molecular flexibility index (Phi) is 4.59. The Morgan fingerprint density at radius 2 is 1.68 bits per heavy atom. The summed E-state index contributed by atoms with van der Waals surface area (Å²) >= 11 is 0. The molecule has 1 saturated carbocycles. The second-order valence-electron chi connectivity index (χ2n) is 5.97. The summed E-state index contributed by atoms with van der Waals surface area (Å²) in [4.78, 5) is 0.282. The van der Waals surface area contributed by atoms with Crippen molar-refractivity contribution in [2.24, 2.45) is 0 Å². The van der Waals surface area contributed by atoms with E-state index in [0.29, 0.717) is 24.7 Å². The van der Waals surface area contributed by atoms with E-state index in [2.05, 4.69) is 0 Å². The van der Waals surface area contributed by atoms with Crippen LogP contribution in [0.5, 0.6) is 11.5 Å². The van der Waals surface area contributed by atoms with Gasteiger partial charge in [-0.2, -0.15) is 4.31 Å². The minimum absolute atomic E-state index is 0.106. The minimum atomic E-state index is -3.49. The predicted molar refractivity (Wildman–Crippen MR) is 83.9 cm³/mol. The number of hydrogen-bond donors (Lipinski definition) is 0. The van der Waals surface area contributed by atoms with Crippen molar-refractivity contribution >= 4 is 10.0 Å². The van der Waals surface area contributed by atoms with E-state index in [4.69, 9.17) is 9.47 Å². The molecule has 0 aromatic heterocycles. The number of fused-ring (bicyclic) bond motifs is 1. The molecule has 0 bridgehead atoms. The molecule has 0 atom stereocenters. The van der Waals surface area contributed by atoms with Crippen molar-refractivity contribution in [3.63, 3.8) is 0 Å². The van der Waals surface area contributed by atoms with Crippen LogP contribution in [0.3, 0.4) is 0 Å². The van der Waals surface area contributed by atoms with Gasteiger partial charge in [0.25, 0.3) is 0 Å². The Morgan fingerprint density at radius 1 is 1.00 bits per heavy atom. The summed E-state index contributed by atoms with van der Waals surface area (Å²) in [6.45, 7) is 1.15. The van der Waals surface area contributed by atoms with Gasteiger partial charge in [0.2, 0.25) is 10.0 Å². The van der Waals surface area contributed by atoms with Crippen molar-refractivity contribution in [1.82, 2.24) is 4.31 Å². The average Bonchev–Trinajstić information content (AvgIpc) is 2.79. The Hall–Kier alpha value is -1.27. The molecule has 1 aliphatic heterocycles. The van der Waals surface area contributed by atoms with Crippen LogP contribution in [-0.2, 0) is 10.0 Å². The number of sulfonamides is 1. The smallest absolute Gasteiger partial charge is 0.243 e. The molecule has 0 N–H and O–H groups in total. The van der Waals surface area contributed by atoms with Crippen LogP contribution in [0, 0.1) is 0 Å². The predicted octanol–water partition coefficient (Wildman–Crippen LogP) is 2.80. The third-order valence-electron chi connectivity index (χ3n) is 4.48. The lowest BCUT2D eigenvalue weighted by atomic mass is 9.96. The lowest BCUT2D eigenvalue weighted by Gasteiger charge is -2.30. The lowest BCUT2D eigenvalue weighted by molar-refractivity contribution is 0.285. The summed E-state index contributed by atoms with van der Waals surface area (Å²) < 4.78 is 38.4. The molecule has 0 spiro atoms. The maximum atomic E-state index is 12.8. The number of nitrogens with zero attached hydrogens (tertiary/aromatic N) is 1. The maximum Gasteiger partial charge on any atom is 0.243 e. The van der Waals surface area contributed by atoms with Gasteiger partial charge in [-0.1, -0.05) is 19.3 Å². The molecule has 1 heterocycles. The number of hydrogen-bond acceptors (Lipinski definition) is 4. The summed E-state index contributed by atoms with van der Waals surface area (Å²) in [5.41, 5.74) is 0. The van der Waals surface area contributed by atoms with E-state index in [1.54, 1.807) is 25.2 Å². The Balaban J connectivity index is 1.86. The van der Waals surface area contributed by atoms with Crippen molar-refractivity contribution < 1.29 is 17.9 Å². The highest BCUT2D eigenvalue weighted by Gasteiger charge is 2.30. The van der Waals surface area contributed by atoms with Gasteiger partial charge in [-0.05, 0) is 25.0 Å². The van der Waals surface area contributed by atoms with Crippen LogP contribution in [0.2, 0.25) is 0 Å². The van der Waals surface area contributed by atoms with Gasteiger partial charge in [0.05, 0.1) is 18.1 Å². The van der Waals surface area contributed by atoms with Crippen molar-refractivity contribution in [2.75, 3.05) is 20.3 Å². The average molecular weight is 325 g/mol. The molecule has 2 aliphatic rings. The maximum absolute atomic E-state index is 12.8. The van der Waals surface area contributed by atoms with E-state index in [9.17, 15) is 8.42 Å². The zero-order chi connectivity index (χ0) is 15.6. The van der Waals surface area contributed by atoms with Crippen LogP contribution in [0.25, 0.3) is 0 Å². The van der Waals surface area contributed by atoms with E-state index >= 15 is 0 Å². The second-order valence-corrected chi connectivity index (χ2v) is 7.97. The second kappa shape index (κ2) is 6.46. The fourth-order valence-corrected chi connectivity index (χ4v) is 4.54. The molecular formula is C16H23NO4S. The van der Waals surface area contributed by atoms with Crippen molar-refractivity contribution in [3.8, 4) is 11.5 Å². The number of rotatable bonds is 3. The SMILES string of the molecule is CN(C1CCCCC1)S(=O)(=O)c1ccc2c(c1)OCCCO2. The van der Waals surface area contributed by atoms with Gasteiger partial charge >= 0.3 is 0 Å². The van der Waals surface area contributed by atoms with Gasteiger partial charge in [-0.15, -0.1) is 0 Å². The van der Waals surface area contributed by atoms with Gasteiger partial charge < -0.3 is 9.47 Å². The quantitative estimate of drug-likeness (QED) is 0.857. The van der Waals surface area contributed by atoms with Crippen LogP contribution in [0.4, 0.5) is 0 Å². The molecule has 1 fully saturated rings. The van der Waals surface area contributed by atoms with Gasteiger partial charge in [-0.25, -0.2) is 8.42 Å². The molecule has 0 saturated heterocycles. The van der Waals surface area contributed by atoms with Gasteiger partial charge in [0.15, 0.2) is 11.5 Å². The third kappa shape index (κ3) is 3.08. The number of ether oxygens (including phenoxy) is 2. The Morgan fingerprint density at radius 3 is 2.41 bits per heavy atom. The van der Waals surface area contributed by atoms with Crippen LogP contribution >= 0.6 is 0 Å². The van der Waals surface area contributed by atoms with Crippen LogP contribution in [0.15, 0.2) is 23.1 Å². The molecule has 5 nitrogen and oxygen atoms in total. The van der Waals surface area contributed by atoms with E-state index in [1.165, 1.54) is 10.7 Å². The molecule has 1 aliphatic carbocycles. The molecule has 1 aromatic carbocycles. The first kappa shape index (κ1) is 15.6. The van der Waals surface area contributed by atoms with Gasteiger partial charge in [0.1, 0.15) is 0 Å². The molecular weight excluding hydrogens is 302 g/mol. The van der Waals surface area contributed by atoms with Crippen molar-refractivity contribution in [3.05, 3.63) is 18.2 Å². The normalized spacial score (nSPS) is 19.9. The monoisotopic (exact) mass is 325 g/mol. The van der Waals surface area contributed by atoms with E-state index < -0.39 is 10.0 Å². The fraction of sp³-hybridized carbons (Fsp3) is 0.625. The summed E-state index contributed by atoms with van der Waals surface area (Å²) in [5, 5.41) is 0. The molecule has 6 heteroatoms. The highest BCUT2D eigenvalue weighted by molar-refractivity contribution is 7.89. The van der Waals surface area contributed by atoms with E-state index in [0.717, 1.165) is 32.1 Å². The summed E-state index contributed by atoms with van der Waals surface area (Å²) in [6.07, 6.45) is 6.10. The summed E-state index contributed by atoms with van der Waals surface area (Å²) in [5.74, 6) is 1.15. The zero-order valence-electron chi connectivity index (χ0n) is 13.0. The van der Waals surface area contributed by atoms with Gasteiger partial charge in [0, 0.05) is 25.6 Å².